The van der Waals surface area contributed by atoms with E-state index in [9.17, 15) is 34.8 Å². The number of amides is 3. The van der Waals surface area contributed by atoms with Crippen LogP contribution in [0.15, 0.2) is 127 Å². The Kier molecular flexibility index (Phi) is 11.4. The van der Waals surface area contributed by atoms with Gasteiger partial charge in [0.2, 0.25) is 17.7 Å². The molecule has 5 aromatic carbocycles. The molecule has 0 aliphatic rings. The highest BCUT2D eigenvalue weighted by Gasteiger charge is 2.38. The summed E-state index contributed by atoms with van der Waals surface area (Å²) in [5.41, 5.74) is 3.42. The molecule has 0 fully saturated rings. The average Bonchev–Trinajstić information content (AvgIpc) is 3.14. The minimum atomic E-state index is -1.14. The molecule has 0 aliphatic heterocycles. The van der Waals surface area contributed by atoms with Gasteiger partial charge in [-0.25, -0.2) is 0 Å². The summed E-state index contributed by atoms with van der Waals surface area (Å²) in [4.78, 5) is 40.6. The molecule has 5 rings (SSSR count). The molecule has 0 heterocycles. The predicted molar refractivity (Wildman–Crippen MR) is 194 cm³/mol. The third kappa shape index (κ3) is 8.93. The lowest BCUT2D eigenvalue weighted by Gasteiger charge is -2.37. The van der Waals surface area contributed by atoms with Gasteiger partial charge < -0.3 is 36.4 Å². The number of phenols is 4. The number of aryl methyl sites for hydroxylation is 1. The molecule has 0 saturated carbocycles. The van der Waals surface area contributed by atoms with Crippen LogP contribution in [0, 0.1) is 6.92 Å². The van der Waals surface area contributed by atoms with E-state index >= 15 is 0 Å². The van der Waals surface area contributed by atoms with Crippen molar-refractivity contribution >= 4 is 23.8 Å². The highest BCUT2D eigenvalue weighted by molar-refractivity contribution is 5.96. The maximum atomic E-state index is 14.0. The highest BCUT2D eigenvalue weighted by Crippen LogP contribution is 2.37. The molecule has 0 aromatic heterocycles. The summed E-state index contributed by atoms with van der Waals surface area (Å²) in [5, 5.41) is 47.6. The Morgan fingerprint density at radius 3 is 1.84 bits per heavy atom. The monoisotopic (exact) mass is 685 g/mol. The van der Waals surface area contributed by atoms with Crippen molar-refractivity contribution < 1.29 is 34.8 Å². The van der Waals surface area contributed by atoms with E-state index in [0.29, 0.717) is 11.1 Å². The Morgan fingerprint density at radius 2 is 1.25 bits per heavy atom. The van der Waals surface area contributed by atoms with Gasteiger partial charge in [0.15, 0.2) is 23.0 Å². The molecule has 10 nitrogen and oxygen atoms in total. The number of hydrogen-bond donors (Lipinski definition) is 7. The average molecular weight is 686 g/mol. The fourth-order valence-electron chi connectivity index (χ4n) is 5.74. The first-order chi connectivity index (χ1) is 24.5. The van der Waals surface area contributed by atoms with Crippen molar-refractivity contribution in [1.29, 1.82) is 0 Å². The van der Waals surface area contributed by atoms with E-state index in [1.54, 1.807) is 0 Å². The lowest BCUT2D eigenvalue weighted by Crippen LogP contribution is -2.49. The van der Waals surface area contributed by atoms with Gasteiger partial charge >= 0.3 is 0 Å². The number of aromatic hydroxyl groups is 4. The Morgan fingerprint density at radius 1 is 0.686 bits per heavy atom. The van der Waals surface area contributed by atoms with Crippen molar-refractivity contribution in [2.75, 3.05) is 0 Å². The van der Waals surface area contributed by atoms with E-state index in [1.165, 1.54) is 48.6 Å². The van der Waals surface area contributed by atoms with E-state index in [0.717, 1.165) is 22.3 Å². The van der Waals surface area contributed by atoms with Crippen molar-refractivity contribution in [2.45, 2.75) is 37.9 Å². The van der Waals surface area contributed by atoms with E-state index in [2.05, 4.69) is 16.0 Å². The summed E-state index contributed by atoms with van der Waals surface area (Å²) < 4.78 is 0. The molecule has 0 radical (unpaired) electrons. The molecule has 3 amide bonds. The molecular formula is C41H39N3O7. The zero-order chi connectivity index (χ0) is 36.4. The zero-order valence-electron chi connectivity index (χ0n) is 27.9. The second-order valence-corrected chi connectivity index (χ2v) is 12.1. The summed E-state index contributed by atoms with van der Waals surface area (Å²) in [5.74, 6) is -2.88. The summed E-state index contributed by atoms with van der Waals surface area (Å²) >= 11 is 0. The second-order valence-electron chi connectivity index (χ2n) is 12.1. The van der Waals surface area contributed by atoms with Crippen molar-refractivity contribution in [2.24, 2.45) is 0 Å². The number of rotatable bonds is 13. The van der Waals surface area contributed by atoms with Gasteiger partial charge in [-0.3, -0.25) is 14.4 Å². The Bertz CT molecular complexity index is 1970. The summed E-state index contributed by atoms with van der Waals surface area (Å²) in [7, 11) is 0. The van der Waals surface area contributed by atoms with Gasteiger partial charge in [-0.2, -0.15) is 0 Å². The number of nitrogens with one attached hydrogen (secondary N) is 3. The molecule has 0 unspecified atom stereocenters. The SMILES string of the molecule is Cc1ccc(C(NC(=O)CC[C@H](NC(=O)/C=C/c2ccc(O)c(O)c2)C(=O)NCc2ccc(O)c(O)c2)(c2ccccc2)c2ccccc2)cc1. The lowest BCUT2D eigenvalue weighted by atomic mass is 9.76. The number of phenolic OH excluding ortho intramolecular Hbond substituents is 4. The molecule has 7 N–H and O–H groups in total. The summed E-state index contributed by atoms with van der Waals surface area (Å²) in [6.45, 7) is 1.97. The molecule has 0 saturated heterocycles. The molecule has 260 valence electrons. The number of benzene rings is 5. The largest absolute Gasteiger partial charge is 0.504 e. The predicted octanol–water partition coefficient (Wildman–Crippen LogP) is 5.52. The number of carbonyl (C=O) groups is 3. The minimum absolute atomic E-state index is 0.0214. The van der Waals surface area contributed by atoms with Crippen LogP contribution in [-0.4, -0.2) is 44.2 Å². The van der Waals surface area contributed by atoms with E-state index in [1.807, 2.05) is 91.9 Å². The lowest BCUT2D eigenvalue weighted by molar-refractivity contribution is -0.128. The van der Waals surface area contributed by atoms with Crippen molar-refractivity contribution in [3.8, 4) is 23.0 Å². The van der Waals surface area contributed by atoms with Crippen LogP contribution in [-0.2, 0) is 26.5 Å². The maximum absolute atomic E-state index is 14.0. The second kappa shape index (κ2) is 16.2. The van der Waals surface area contributed by atoms with E-state index < -0.39 is 23.4 Å². The first-order valence-electron chi connectivity index (χ1n) is 16.3. The van der Waals surface area contributed by atoms with Gasteiger partial charge in [0.25, 0.3) is 0 Å². The Labute approximate surface area is 295 Å². The fourth-order valence-corrected chi connectivity index (χ4v) is 5.74. The molecule has 1 atom stereocenters. The van der Waals surface area contributed by atoms with Crippen LogP contribution in [0.5, 0.6) is 23.0 Å². The van der Waals surface area contributed by atoms with Gasteiger partial charge in [-0.05, 0) is 71.5 Å². The first kappa shape index (κ1) is 35.7. The molecule has 5 aromatic rings. The maximum Gasteiger partial charge on any atom is 0.244 e. The van der Waals surface area contributed by atoms with Crippen LogP contribution in [0.2, 0.25) is 0 Å². The fraction of sp³-hybridized carbons (Fsp3) is 0.146. The quantitative estimate of drug-likeness (QED) is 0.0487. The third-order valence-corrected chi connectivity index (χ3v) is 8.45. The minimum Gasteiger partial charge on any atom is -0.504 e. The van der Waals surface area contributed by atoms with Gasteiger partial charge in [-0.1, -0.05) is 103 Å². The van der Waals surface area contributed by atoms with Crippen LogP contribution in [0.1, 0.15) is 46.2 Å². The smallest absolute Gasteiger partial charge is 0.244 e. The molecule has 51 heavy (non-hydrogen) atoms. The van der Waals surface area contributed by atoms with Crippen molar-refractivity contribution in [3.63, 3.8) is 0 Å². The van der Waals surface area contributed by atoms with Gasteiger partial charge in [0.1, 0.15) is 11.6 Å². The topological polar surface area (TPSA) is 168 Å². The summed E-state index contributed by atoms with van der Waals surface area (Å²) in [6.07, 6.45) is 2.38. The van der Waals surface area contributed by atoms with Crippen LogP contribution in [0.4, 0.5) is 0 Å². The molecular weight excluding hydrogens is 646 g/mol. The Balaban J connectivity index is 1.39. The van der Waals surface area contributed by atoms with Gasteiger partial charge in [0.05, 0.1) is 0 Å². The molecule has 0 bridgehead atoms. The first-order valence-corrected chi connectivity index (χ1v) is 16.3. The van der Waals surface area contributed by atoms with Crippen molar-refractivity contribution in [1.82, 2.24) is 16.0 Å². The standard InChI is InChI=1S/C41H39N3O7/c1-27-12-17-32(18-13-27)41(30-8-4-2-5-9-30,31-10-6-3-7-11-31)44-39(50)23-19-33(40(51)42-26-29-15-21-35(46)37(48)25-29)43-38(49)22-16-28-14-20-34(45)36(47)24-28/h2-18,20-22,24-25,33,45-48H,19,23,26H2,1H3,(H,42,51)(H,43,49)(H,44,50)/b22-16+/t33-/m0/s1. The van der Waals surface area contributed by atoms with Gasteiger partial charge in [0, 0.05) is 19.0 Å². The van der Waals surface area contributed by atoms with E-state index in [4.69, 9.17) is 0 Å². The number of hydrogen-bond acceptors (Lipinski definition) is 7. The van der Waals surface area contributed by atoms with Crippen molar-refractivity contribution in [3.05, 3.63) is 161 Å². The van der Waals surface area contributed by atoms with Crippen LogP contribution in [0.3, 0.4) is 0 Å². The Hall–Kier alpha value is -6.55. The van der Waals surface area contributed by atoms with Crippen LogP contribution >= 0.6 is 0 Å². The molecule has 0 spiro atoms. The molecule has 10 heteroatoms. The highest BCUT2D eigenvalue weighted by atomic mass is 16.3. The third-order valence-electron chi connectivity index (χ3n) is 8.45. The number of carbonyl (C=O) groups excluding carboxylic acids is 3. The molecule has 0 aliphatic carbocycles. The van der Waals surface area contributed by atoms with Crippen LogP contribution < -0.4 is 16.0 Å². The normalized spacial score (nSPS) is 11.9. The van der Waals surface area contributed by atoms with Gasteiger partial charge in [-0.15, -0.1) is 0 Å². The van der Waals surface area contributed by atoms with Crippen LogP contribution in [0.25, 0.3) is 6.08 Å². The van der Waals surface area contributed by atoms with E-state index in [-0.39, 0.29) is 48.3 Å². The zero-order valence-corrected chi connectivity index (χ0v) is 27.9. The summed E-state index contributed by atoms with van der Waals surface area (Å²) in [6, 6.07) is 34.2.